The van der Waals surface area contributed by atoms with E-state index in [9.17, 15) is 24.4 Å². The Hall–Kier alpha value is -1.52. The van der Waals surface area contributed by atoms with Crippen molar-refractivity contribution in [3.05, 3.63) is 23.3 Å². The molecule has 0 heterocycles. The van der Waals surface area contributed by atoms with Crippen molar-refractivity contribution in [2.45, 2.75) is 65.1 Å². The number of hydrogen-bond donors (Lipinski definition) is 3. The largest absolute Gasteiger partial charge is 0.481 e. The lowest BCUT2D eigenvalue weighted by atomic mass is 9.76. The monoisotopic (exact) mass is 383 g/mol. The van der Waals surface area contributed by atoms with Crippen LogP contribution in [0.3, 0.4) is 0 Å². The highest BCUT2D eigenvalue weighted by molar-refractivity contribution is 7.25. The Bertz CT molecular complexity index is 625. The zero-order valence-electron chi connectivity index (χ0n) is 16.0. The summed E-state index contributed by atoms with van der Waals surface area (Å²) in [7, 11) is -0.671. The lowest BCUT2D eigenvalue weighted by Gasteiger charge is -2.30. The van der Waals surface area contributed by atoms with E-state index in [2.05, 4.69) is 26.8 Å². The summed E-state index contributed by atoms with van der Waals surface area (Å²) in [6.07, 6.45) is 5.65. The fraction of sp³-hybridized carbons (Fsp3) is 0.684. The van der Waals surface area contributed by atoms with E-state index in [1.54, 1.807) is 6.92 Å². The minimum absolute atomic E-state index is 0.0344. The number of rotatable bonds is 10. The van der Waals surface area contributed by atoms with E-state index < -0.39 is 31.6 Å². The molecule has 26 heavy (non-hydrogen) atoms. The topological polar surface area (TPSA) is 118 Å². The van der Waals surface area contributed by atoms with Crippen LogP contribution in [0.1, 0.15) is 59.8 Å². The Morgan fingerprint density at radius 2 is 2.12 bits per heavy atom. The van der Waals surface area contributed by atoms with Crippen molar-refractivity contribution in [3.8, 4) is 0 Å². The first kappa shape index (κ1) is 22.5. The van der Waals surface area contributed by atoms with Gasteiger partial charge >= 0.3 is 5.97 Å². The Kier molecular flexibility index (Phi) is 7.72. The molecule has 0 spiro atoms. The van der Waals surface area contributed by atoms with E-state index in [0.717, 1.165) is 18.4 Å². The van der Waals surface area contributed by atoms with Crippen LogP contribution in [0.25, 0.3) is 0 Å². The summed E-state index contributed by atoms with van der Waals surface area (Å²) in [6.45, 7) is 8.33. The van der Waals surface area contributed by atoms with Crippen molar-refractivity contribution < 1.29 is 24.4 Å². The Morgan fingerprint density at radius 3 is 2.54 bits per heavy atom. The highest BCUT2D eigenvalue weighted by atomic mass is 31.1. The van der Waals surface area contributed by atoms with E-state index in [0.29, 0.717) is 5.92 Å². The van der Waals surface area contributed by atoms with Crippen molar-refractivity contribution in [2.75, 3.05) is 0 Å². The Morgan fingerprint density at radius 1 is 1.50 bits per heavy atom. The summed E-state index contributed by atoms with van der Waals surface area (Å²) in [6, 6.07) is 0. The van der Waals surface area contributed by atoms with Gasteiger partial charge in [0, 0.05) is 12.8 Å². The van der Waals surface area contributed by atoms with E-state index >= 15 is 0 Å². The van der Waals surface area contributed by atoms with Crippen molar-refractivity contribution in [3.63, 3.8) is 0 Å². The molecule has 6 nitrogen and oxygen atoms in total. The molecule has 0 saturated carbocycles. The number of hydrogen-bond acceptors (Lipinski definition) is 4. The summed E-state index contributed by atoms with van der Waals surface area (Å²) in [5, 5.41) is 18.1. The van der Waals surface area contributed by atoms with Crippen LogP contribution in [0.2, 0.25) is 0 Å². The molecule has 0 aromatic rings. The highest BCUT2D eigenvalue weighted by Gasteiger charge is 2.43. The number of nitrogens with two attached hydrogens (primary N) is 1. The number of carboxylic acid groups (broad SMARTS) is 1. The van der Waals surface area contributed by atoms with Crippen LogP contribution in [0.5, 0.6) is 0 Å². The van der Waals surface area contributed by atoms with Gasteiger partial charge in [0.1, 0.15) is 0 Å². The summed E-state index contributed by atoms with van der Waals surface area (Å²) < 4.78 is 11.6. The van der Waals surface area contributed by atoms with Gasteiger partial charge in [-0.25, -0.2) is 0 Å². The van der Waals surface area contributed by atoms with Crippen molar-refractivity contribution in [1.29, 1.82) is 0 Å². The van der Waals surface area contributed by atoms with Gasteiger partial charge in [0.25, 0.3) is 0 Å². The highest BCUT2D eigenvalue weighted by Crippen LogP contribution is 2.45. The molecule has 146 valence electrons. The predicted octanol–water partition coefficient (Wildman–Crippen LogP) is 3.65. The number of aliphatic carboxylic acids is 1. The fourth-order valence-electron chi connectivity index (χ4n) is 3.47. The third kappa shape index (κ3) is 5.49. The molecular formula is C19H30NO5P. The Balaban J connectivity index is 2.84. The second-order valence-corrected chi connectivity index (χ2v) is 8.83. The SMILES string of the molecule is CC(=CCC1CC=C(C)C1(C)C)CC(O)(P=O)C(CCC(N)=O)C(=O)O. The second kappa shape index (κ2) is 8.92. The molecular weight excluding hydrogens is 353 g/mol. The van der Waals surface area contributed by atoms with Crippen LogP contribution in [0.4, 0.5) is 0 Å². The van der Waals surface area contributed by atoms with Gasteiger partial charge in [0.15, 0.2) is 13.8 Å². The number of primary amides is 1. The maximum Gasteiger partial charge on any atom is 0.310 e. The zero-order valence-corrected chi connectivity index (χ0v) is 16.9. The molecule has 0 radical (unpaired) electrons. The van der Waals surface area contributed by atoms with Gasteiger partial charge in [-0.2, -0.15) is 0 Å². The first-order chi connectivity index (χ1) is 11.9. The number of carboxylic acids is 1. The molecule has 0 aromatic carbocycles. The van der Waals surface area contributed by atoms with Gasteiger partial charge in [-0.15, -0.1) is 0 Å². The molecule has 1 rings (SSSR count). The van der Waals surface area contributed by atoms with Gasteiger partial charge in [-0.3, -0.25) is 14.2 Å². The number of carbonyl (C=O) groups is 2. The summed E-state index contributed by atoms with van der Waals surface area (Å²) in [4.78, 5) is 22.5. The van der Waals surface area contributed by atoms with Crippen LogP contribution in [-0.2, 0) is 14.2 Å². The first-order valence-corrected chi connectivity index (χ1v) is 9.66. The van der Waals surface area contributed by atoms with Crippen LogP contribution in [-0.4, -0.2) is 27.4 Å². The minimum Gasteiger partial charge on any atom is -0.481 e. The second-order valence-electron chi connectivity index (χ2n) is 7.87. The fourth-order valence-corrected chi connectivity index (χ4v) is 4.15. The lowest BCUT2D eigenvalue weighted by molar-refractivity contribution is -0.147. The standard InChI is InChI=1S/C19H30NO5P/c1-12(5-7-14-8-6-13(2)18(14,3)4)11-19(24,26-25)15(17(22)23)9-10-16(20)21/h5-6,14-15,24H,7-11H2,1-4H3,(H2,20,21)(H,22,23). The van der Waals surface area contributed by atoms with Crippen LogP contribution < -0.4 is 5.73 Å². The van der Waals surface area contributed by atoms with Gasteiger partial charge < -0.3 is 15.9 Å². The van der Waals surface area contributed by atoms with Crippen LogP contribution >= 0.6 is 8.46 Å². The van der Waals surface area contributed by atoms with Gasteiger partial charge in [0.2, 0.25) is 5.91 Å². The molecule has 3 unspecified atom stereocenters. The van der Waals surface area contributed by atoms with E-state index in [-0.39, 0.29) is 24.7 Å². The molecule has 0 saturated heterocycles. The molecule has 1 aliphatic carbocycles. The van der Waals surface area contributed by atoms with E-state index in [1.165, 1.54) is 5.57 Å². The Labute approximate surface area is 156 Å². The molecule has 3 atom stereocenters. The molecule has 1 amide bonds. The van der Waals surface area contributed by atoms with Gasteiger partial charge in [-0.05, 0) is 44.4 Å². The number of amides is 1. The maximum atomic E-state index is 11.6. The first-order valence-electron chi connectivity index (χ1n) is 8.85. The maximum absolute atomic E-state index is 11.6. The average molecular weight is 383 g/mol. The summed E-state index contributed by atoms with van der Waals surface area (Å²) in [5.41, 5.74) is 7.32. The van der Waals surface area contributed by atoms with Gasteiger partial charge in [0.05, 0.1) is 5.92 Å². The normalized spacial score (nSPS) is 23.3. The molecule has 0 fully saturated rings. The summed E-state index contributed by atoms with van der Waals surface area (Å²) in [5.74, 6) is -2.83. The minimum atomic E-state index is -1.96. The lowest BCUT2D eigenvalue weighted by Crippen LogP contribution is -2.38. The molecule has 0 bridgehead atoms. The molecule has 0 aliphatic heterocycles. The smallest absolute Gasteiger partial charge is 0.310 e. The van der Waals surface area contributed by atoms with Crippen LogP contribution in [0.15, 0.2) is 23.3 Å². The molecule has 1 aliphatic rings. The van der Waals surface area contributed by atoms with E-state index in [1.807, 2.05) is 6.08 Å². The van der Waals surface area contributed by atoms with E-state index in [4.69, 9.17) is 5.73 Å². The van der Waals surface area contributed by atoms with Crippen molar-refractivity contribution >= 4 is 20.3 Å². The van der Waals surface area contributed by atoms with Gasteiger partial charge in [-0.1, -0.05) is 37.1 Å². The molecule has 4 N–H and O–H groups in total. The average Bonchev–Trinajstić information content (AvgIpc) is 2.78. The van der Waals surface area contributed by atoms with Crippen molar-refractivity contribution in [1.82, 2.24) is 0 Å². The quantitative estimate of drug-likeness (QED) is 0.393. The third-order valence-electron chi connectivity index (χ3n) is 5.73. The number of carbonyl (C=O) groups excluding carboxylic acids is 1. The van der Waals surface area contributed by atoms with Crippen molar-refractivity contribution in [2.24, 2.45) is 23.0 Å². The molecule has 0 aromatic heterocycles. The summed E-state index contributed by atoms with van der Waals surface area (Å²) >= 11 is 0. The number of allylic oxidation sites excluding steroid dienone is 3. The number of aliphatic hydroxyl groups is 1. The predicted molar refractivity (Wildman–Crippen MR) is 101 cm³/mol. The third-order valence-corrected chi connectivity index (χ3v) is 6.51. The molecule has 7 heteroatoms. The van der Waals surface area contributed by atoms with Crippen LogP contribution in [0, 0.1) is 17.3 Å². The zero-order chi connectivity index (χ0) is 20.1.